The number of anilines is 1. The Balaban J connectivity index is 1.71. The Morgan fingerprint density at radius 2 is 1.86 bits per heavy atom. The normalized spacial score (nSPS) is 15.9. The van der Waals surface area contributed by atoms with Gasteiger partial charge in [-0.1, -0.05) is 13.0 Å². The quantitative estimate of drug-likeness (QED) is 0.648. The van der Waals surface area contributed by atoms with Crippen LogP contribution in [0.1, 0.15) is 6.92 Å². The molecule has 11 heteroatoms. The largest absolute Gasteiger partial charge is 0.328 e. The highest BCUT2D eigenvalue weighted by molar-refractivity contribution is 7.89. The van der Waals surface area contributed by atoms with E-state index < -0.39 is 27.2 Å². The summed E-state index contributed by atoms with van der Waals surface area (Å²) in [4.78, 5) is 39.3. The Bertz CT molecular complexity index is 1100. The van der Waals surface area contributed by atoms with Crippen LogP contribution < -0.4 is 16.6 Å². The van der Waals surface area contributed by atoms with Crippen LogP contribution in [0, 0.1) is 0 Å². The lowest BCUT2D eigenvalue weighted by Crippen LogP contribution is -2.48. The lowest BCUT2D eigenvalue weighted by molar-refractivity contribution is -0.116. The molecule has 2 aromatic rings. The summed E-state index contributed by atoms with van der Waals surface area (Å²) in [5.41, 5.74) is -0.944. The van der Waals surface area contributed by atoms with E-state index >= 15 is 0 Å². The van der Waals surface area contributed by atoms with Gasteiger partial charge in [0.25, 0.3) is 5.56 Å². The second-order valence-corrected chi connectivity index (χ2v) is 8.59. The first-order valence-electron chi connectivity index (χ1n) is 9.22. The molecule has 0 atom stereocenters. The molecule has 1 saturated heterocycles. The van der Waals surface area contributed by atoms with E-state index in [1.807, 2.05) is 6.92 Å². The number of aromatic amines is 1. The minimum Gasteiger partial charge on any atom is -0.324 e. The van der Waals surface area contributed by atoms with E-state index in [1.54, 1.807) is 12.1 Å². The minimum atomic E-state index is -3.66. The predicted octanol–water partition coefficient (Wildman–Crippen LogP) is -0.498. The molecule has 0 saturated carbocycles. The van der Waals surface area contributed by atoms with Crippen molar-refractivity contribution in [2.45, 2.75) is 18.4 Å². The van der Waals surface area contributed by atoms with Crippen LogP contribution in [0.4, 0.5) is 5.69 Å². The molecule has 1 amide bonds. The van der Waals surface area contributed by atoms with E-state index in [1.165, 1.54) is 22.6 Å². The van der Waals surface area contributed by atoms with Crippen LogP contribution >= 0.6 is 0 Å². The van der Waals surface area contributed by atoms with Crippen molar-refractivity contribution in [2.24, 2.45) is 0 Å². The van der Waals surface area contributed by atoms with Crippen LogP contribution in [0.5, 0.6) is 0 Å². The molecular formula is C18H23N5O5S. The highest BCUT2D eigenvalue weighted by Crippen LogP contribution is 2.21. The number of H-pyrrole nitrogens is 1. The van der Waals surface area contributed by atoms with Crippen molar-refractivity contribution in [3.63, 3.8) is 0 Å². The van der Waals surface area contributed by atoms with Gasteiger partial charge in [0.2, 0.25) is 15.9 Å². The van der Waals surface area contributed by atoms with Crippen LogP contribution in [-0.4, -0.2) is 65.8 Å². The zero-order valence-electron chi connectivity index (χ0n) is 16.0. The second-order valence-electron chi connectivity index (χ2n) is 6.65. The smallest absolute Gasteiger partial charge is 0.324 e. The lowest BCUT2D eigenvalue weighted by atomic mass is 10.3. The number of likely N-dealkylation sites (N-methyl/N-ethyl adjacent to an activating group) is 1. The Labute approximate surface area is 167 Å². The highest BCUT2D eigenvalue weighted by atomic mass is 32.2. The van der Waals surface area contributed by atoms with Crippen molar-refractivity contribution in [1.82, 2.24) is 18.8 Å². The molecule has 29 heavy (non-hydrogen) atoms. The molecule has 3 rings (SSSR count). The maximum Gasteiger partial charge on any atom is 0.328 e. The van der Waals surface area contributed by atoms with E-state index in [9.17, 15) is 22.8 Å². The summed E-state index contributed by atoms with van der Waals surface area (Å²) in [6.07, 6.45) is 1.22. The molecule has 1 aromatic heterocycles. The first-order valence-corrected chi connectivity index (χ1v) is 10.7. The van der Waals surface area contributed by atoms with Crippen LogP contribution in [-0.2, 0) is 21.4 Å². The maximum atomic E-state index is 12.9. The highest BCUT2D eigenvalue weighted by Gasteiger charge is 2.28. The summed E-state index contributed by atoms with van der Waals surface area (Å²) in [5, 5.41) is 2.58. The van der Waals surface area contributed by atoms with Crippen molar-refractivity contribution in [3.8, 4) is 0 Å². The number of hydrogen-bond donors (Lipinski definition) is 2. The van der Waals surface area contributed by atoms with Gasteiger partial charge >= 0.3 is 5.69 Å². The van der Waals surface area contributed by atoms with Gasteiger partial charge < -0.3 is 10.2 Å². The van der Waals surface area contributed by atoms with Crippen molar-refractivity contribution in [1.29, 1.82) is 0 Å². The fraction of sp³-hybridized carbons (Fsp3) is 0.389. The molecule has 156 valence electrons. The van der Waals surface area contributed by atoms with Crippen molar-refractivity contribution in [2.75, 3.05) is 38.0 Å². The number of nitrogens with zero attached hydrogens (tertiary/aromatic N) is 3. The van der Waals surface area contributed by atoms with E-state index in [2.05, 4.69) is 15.2 Å². The predicted molar refractivity (Wildman–Crippen MR) is 107 cm³/mol. The van der Waals surface area contributed by atoms with Crippen molar-refractivity contribution >= 4 is 21.6 Å². The Kier molecular flexibility index (Phi) is 6.30. The summed E-state index contributed by atoms with van der Waals surface area (Å²) in [7, 11) is -3.66. The summed E-state index contributed by atoms with van der Waals surface area (Å²) in [6, 6.07) is 7.15. The maximum absolute atomic E-state index is 12.9. The van der Waals surface area contributed by atoms with Gasteiger partial charge in [-0.3, -0.25) is 19.1 Å². The third-order valence-corrected chi connectivity index (χ3v) is 6.64. The molecule has 0 unspecified atom stereocenters. The Hall–Kier alpha value is -2.76. The number of hydrogen-bond acceptors (Lipinski definition) is 6. The van der Waals surface area contributed by atoms with E-state index in [4.69, 9.17) is 0 Å². The number of carbonyl (C=O) groups is 1. The molecule has 10 nitrogen and oxygen atoms in total. The molecule has 1 aliphatic rings. The minimum absolute atomic E-state index is 0.0986. The van der Waals surface area contributed by atoms with Gasteiger partial charge in [0.05, 0.1) is 4.90 Å². The van der Waals surface area contributed by atoms with Crippen LogP contribution in [0.25, 0.3) is 0 Å². The average molecular weight is 421 g/mol. The lowest BCUT2D eigenvalue weighted by Gasteiger charge is -2.33. The number of nitrogens with one attached hydrogen (secondary N) is 2. The number of piperazine rings is 1. The van der Waals surface area contributed by atoms with E-state index in [-0.39, 0.29) is 11.4 Å². The molecule has 0 bridgehead atoms. The molecule has 0 aliphatic carbocycles. The Morgan fingerprint density at radius 1 is 1.14 bits per heavy atom. The van der Waals surface area contributed by atoms with Crippen molar-refractivity contribution in [3.05, 3.63) is 57.4 Å². The molecule has 1 aliphatic heterocycles. The number of carbonyl (C=O) groups excluding carboxylic acids is 1. The monoisotopic (exact) mass is 421 g/mol. The standard InChI is InChI=1S/C18H23N5O5S/c1-2-21-8-10-23(11-9-21)29(27,28)15-5-3-4-14(12-15)19-17(25)13-22-7-6-16(24)20-18(22)26/h3-7,12H,2,8-11,13H2,1H3,(H,19,25)(H,20,24,26). The summed E-state index contributed by atoms with van der Waals surface area (Å²) < 4.78 is 28.3. The van der Waals surface area contributed by atoms with Gasteiger partial charge in [-0.05, 0) is 24.7 Å². The SMILES string of the molecule is CCN1CCN(S(=O)(=O)c2cccc(NC(=O)Cn3ccc(=O)[nH]c3=O)c2)CC1. The molecule has 1 aromatic carbocycles. The van der Waals surface area contributed by atoms with Gasteiger partial charge in [0.15, 0.2) is 0 Å². The van der Waals surface area contributed by atoms with E-state index in [0.29, 0.717) is 31.9 Å². The molecule has 0 spiro atoms. The first kappa shape index (κ1) is 21.0. The molecule has 2 N–H and O–H groups in total. The van der Waals surface area contributed by atoms with Gasteiger partial charge in [0.1, 0.15) is 6.54 Å². The average Bonchev–Trinajstić information content (AvgIpc) is 2.70. The van der Waals surface area contributed by atoms with Gasteiger partial charge in [-0.2, -0.15) is 4.31 Å². The van der Waals surface area contributed by atoms with Crippen LogP contribution in [0.15, 0.2) is 51.0 Å². The third kappa shape index (κ3) is 5.00. The molecule has 0 radical (unpaired) electrons. The first-order chi connectivity index (χ1) is 13.8. The zero-order chi connectivity index (χ0) is 21.0. The van der Waals surface area contributed by atoms with Crippen molar-refractivity contribution < 1.29 is 13.2 Å². The van der Waals surface area contributed by atoms with Crippen LogP contribution in [0.3, 0.4) is 0 Å². The van der Waals surface area contributed by atoms with Crippen LogP contribution in [0.2, 0.25) is 0 Å². The second kappa shape index (κ2) is 8.72. The van der Waals surface area contributed by atoms with E-state index in [0.717, 1.165) is 17.2 Å². The molecular weight excluding hydrogens is 398 g/mol. The number of rotatable bonds is 6. The number of amides is 1. The van der Waals surface area contributed by atoms with Gasteiger partial charge in [-0.15, -0.1) is 0 Å². The number of sulfonamides is 1. The molecule has 1 fully saturated rings. The summed E-state index contributed by atoms with van der Waals surface area (Å²) in [5.74, 6) is -0.523. The number of aromatic nitrogens is 2. The van der Waals surface area contributed by atoms with Gasteiger partial charge in [0, 0.05) is 44.1 Å². The fourth-order valence-corrected chi connectivity index (χ4v) is 4.56. The fourth-order valence-electron chi connectivity index (χ4n) is 3.09. The number of benzene rings is 1. The third-order valence-electron chi connectivity index (χ3n) is 4.74. The van der Waals surface area contributed by atoms with Gasteiger partial charge in [-0.25, -0.2) is 13.2 Å². The zero-order valence-corrected chi connectivity index (χ0v) is 16.8. The summed E-state index contributed by atoms with van der Waals surface area (Å²) in [6.45, 7) is 4.81. The summed E-state index contributed by atoms with van der Waals surface area (Å²) >= 11 is 0. The molecule has 2 heterocycles. The topological polar surface area (TPSA) is 125 Å². The Morgan fingerprint density at radius 3 is 2.52 bits per heavy atom.